The summed E-state index contributed by atoms with van der Waals surface area (Å²) in [5.41, 5.74) is 34.7. The number of nitrogens with zero attached hydrogens (tertiary/aromatic N) is 6. The van der Waals surface area contributed by atoms with Crippen LogP contribution in [-0.4, -0.2) is 28.2 Å². The second-order valence-electron chi connectivity index (χ2n) is 30.8. The van der Waals surface area contributed by atoms with Crippen LogP contribution in [0, 0.1) is 0 Å². The lowest BCUT2D eigenvalue weighted by Crippen LogP contribution is -2.00. The molecule has 0 fully saturated rings. The monoisotopic (exact) mass is 1470 g/mol. The fourth-order valence-corrected chi connectivity index (χ4v) is 18.9. The molecule has 538 valence electrons. The Labute approximate surface area is 668 Å². The summed E-state index contributed by atoms with van der Waals surface area (Å²) in [6, 6.07) is 152. The largest absolute Gasteiger partial charge is 0.309 e. The lowest BCUT2D eigenvalue weighted by Gasteiger charge is -2.15. The van der Waals surface area contributed by atoms with Crippen LogP contribution < -0.4 is 0 Å². The Balaban J connectivity index is 0.636. The van der Waals surface area contributed by atoms with E-state index < -0.39 is 0 Å². The van der Waals surface area contributed by atoms with Crippen LogP contribution in [0.15, 0.2) is 413 Å². The number of hydrogen-bond donors (Lipinski definition) is 0. The van der Waals surface area contributed by atoms with Gasteiger partial charge in [-0.05, 0) is 241 Å². The Bertz CT molecular complexity index is 7950. The highest BCUT2D eigenvalue weighted by molar-refractivity contribution is 6.19. The SMILES string of the molecule is c1ccc(-c2ccc3c(c2)c2cc(-c4ccc5c(c4)c4cc(-c6ccccc6)ccc4n5-c4ccc(-c5nc(-c6cccc(-n7c8ccc(-c9ccccc9)cc8c8cc(-c9ccc%10c(c9)c9cc(-c%11ccccc%11)ccc9n%10-c9ccccc9)ccc87)c6)c6c(n5)-c5cccc7cccc-6c57)cc4)ccc2n3-c2ccccc2)cc1. The van der Waals surface area contributed by atoms with Crippen molar-refractivity contribution in [1.29, 1.82) is 0 Å². The molecule has 0 saturated heterocycles. The van der Waals surface area contributed by atoms with E-state index in [1.54, 1.807) is 0 Å². The standard InChI is InChI=1S/C110H68N6/c1-7-22-69(23-8-1)75-42-52-98-90(61-75)94-65-79(46-56-100(94)113(98)84-33-15-5-16-34-84)81-48-58-103-96(67-81)92-63-77(71-26-11-3-12-27-71)44-54-102(92)115(103)86-50-40-74(41-51-86)110-111-108(107-88-38-20-30-73-31-21-39-89(106(73)88)109(107)112-110)83-32-19-37-87(60-83)116-104-55-45-78(72-28-13-4-14-29-72)64-93(104)97-68-82(49-59-105(97)116)80-47-57-101-95(66-80)91-62-76(70-24-9-2-10-25-70)43-53-99(91)114(101)85-35-17-6-18-36-85/h1-68H. The Morgan fingerprint density at radius 3 is 0.767 bits per heavy atom. The minimum absolute atomic E-state index is 0.664. The number of rotatable bonds is 12. The predicted octanol–water partition coefficient (Wildman–Crippen LogP) is 29.0. The summed E-state index contributed by atoms with van der Waals surface area (Å²) in [5, 5.41) is 12.0. The molecule has 0 bridgehead atoms. The number of benzene rings is 18. The normalized spacial score (nSPS) is 12.0. The Morgan fingerprint density at radius 2 is 0.422 bits per heavy atom. The molecule has 0 aliphatic heterocycles. The topological polar surface area (TPSA) is 45.5 Å². The summed E-state index contributed by atoms with van der Waals surface area (Å²) in [4.78, 5) is 11.4. The summed E-state index contributed by atoms with van der Waals surface area (Å²) >= 11 is 0. The van der Waals surface area contributed by atoms with Crippen LogP contribution >= 0.6 is 0 Å². The smallest absolute Gasteiger partial charge is 0.160 e. The van der Waals surface area contributed by atoms with Crippen molar-refractivity contribution in [1.82, 2.24) is 28.2 Å². The molecule has 0 unspecified atom stereocenters. The quantitative estimate of drug-likeness (QED) is 0.122. The van der Waals surface area contributed by atoms with Crippen LogP contribution in [0.5, 0.6) is 0 Å². The van der Waals surface area contributed by atoms with Crippen molar-refractivity contribution in [3.63, 3.8) is 0 Å². The minimum Gasteiger partial charge on any atom is -0.309 e. The van der Waals surface area contributed by atoms with Gasteiger partial charge in [-0.25, -0.2) is 9.97 Å². The van der Waals surface area contributed by atoms with Gasteiger partial charge >= 0.3 is 0 Å². The van der Waals surface area contributed by atoms with Gasteiger partial charge in [0.2, 0.25) is 0 Å². The van der Waals surface area contributed by atoms with Crippen molar-refractivity contribution < 1.29 is 0 Å². The van der Waals surface area contributed by atoms with E-state index in [9.17, 15) is 0 Å². The first kappa shape index (κ1) is 65.2. The molecular weight excluding hydrogens is 1410 g/mol. The summed E-state index contributed by atoms with van der Waals surface area (Å²) in [6.45, 7) is 0. The summed E-state index contributed by atoms with van der Waals surface area (Å²) in [7, 11) is 0. The Morgan fingerprint density at radius 1 is 0.164 bits per heavy atom. The lowest BCUT2D eigenvalue weighted by molar-refractivity contribution is 1.16. The average molecular weight is 1470 g/mol. The van der Waals surface area contributed by atoms with Crippen LogP contribution in [0.2, 0.25) is 0 Å². The maximum atomic E-state index is 5.78. The zero-order valence-electron chi connectivity index (χ0n) is 62.9. The molecule has 18 aromatic carbocycles. The molecule has 0 radical (unpaired) electrons. The molecule has 0 spiro atoms. The molecule has 24 rings (SSSR count). The molecule has 0 saturated carbocycles. The van der Waals surface area contributed by atoms with Crippen molar-refractivity contribution in [3.05, 3.63) is 413 Å². The maximum Gasteiger partial charge on any atom is 0.160 e. The molecule has 1 aliphatic rings. The molecule has 5 heterocycles. The third-order valence-electron chi connectivity index (χ3n) is 24.3. The van der Waals surface area contributed by atoms with Gasteiger partial charge in [0, 0.05) is 88.1 Å². The lowest BCUT2D eigenvalue weighted by atomic mass is 9.98. The number of hydrogen-bond acceptors (Lipinski definition) is 2. The van der Waals surface area contributed by atoms with Crippen LogP contribution in [0.3, 0.4) is 0 Å². The van der Waals surface area contributed by atoms with Gasteiger partial charge in [-0.15, -0.1) is 0 Å². The van der Waals surface area contributed by atoms with Crippen LogP contribution in [0.4, 0.5) is 0 Å². The highest BCUT2D eigenvalue weighted by atomic mass is 15.0. The van der Waals surface area contributed by atoms with Gasteiger partial charge in [0.25, 0.3) is 0 Å². The van der Waals surface area contributed by atoms with Crippen molar-refractivity contribution in [2.45, 2.75) is 0 Å². The molecule has 6 nitrogen and oxygen atoms in total. The van der Waals surface area contributed by atoms with Gasteiger partial charge in [0.1, 0.15) is 0 Å². The highest BCUT2D eigenvalue weighted by Crippen LogP contribution is 2.52. The second-order valence-corrected chi connectivity index (χ2v) is 30.8. The van der Waals surface area contributed by atoms with Gasteiger partial charge in [-0.3, -0.25) is 0 Å². The van der Waals surface area contributed by atoms with Crippen LogP contribution in [0.1, 0.15) is 0 Å². The fraction of sp³-hybridized carbons (Fsp3) is 0. The maximum absolute atomic E-state index is 5.78. The summed E-state index contributed by atoms with van der Waals surface area (Å²) in [6.07, 6.45) is 0. The van der Waals surface area contributed by atoms with E-state index in [4.69, 9.17) is 9.97 Å². The predicted molar refractivity (Wildman–Crippen MR) is 485 cm³/mol. The van der Waals surface area contributed by atoms with E-state index in [1.165, 1.54) is 120 Å². The van der Waals surface area contributed by atoms with Crippen molar-refractivity contribution >= 4 is 98.0 Å². The molecule has 1 aliphatic carbocycles. The van der Waals surface area contributed by atoms with E-state index in [0.717, 1.165) is 106 Å². The van der Waals surface area contributed by atoms with Gasteiger partial charge < -0.3 is 18.3 Å². The van der Waals surface area contributed by atoms with Gasteiger partial charge in [0.15, 0.2) is 5.82 Å². The molecular formula is C110H68N6. The number of fused-ring (bicyclic) bond motifs is 15. The molecule has 0 atom stereocenters. The van der Waals surface area contributed by atoms with Crippen molar-refractivity contribution in [2.75, 3.05) is 0 Å². The van der Waals surface area contributed by atoms with E-state index in [1.807, 2.05) is 0 Å². The Kier molecular flexibility index (Phi) is 14.7. The first-order valence-electron chi connectivity index (χ1n) is 39.8. The van der Waals surface area contributed by atoms with Gasteiger partial charge in [-0.2, -0.15) is 0 Å². The number of para-hydroxylation sites is 2. The van der Waals surface area contributed by atoms with Gasteiger partial charge in [0.05, 0.1) is 55.5 Å². The summed E-state index contributed by atoms with van der Waals surface area (Å²) in [5.74, 6) is 0.664. The van der Waals surface area contributed by atoms with Gasteiger partial charge in [-0.1, -0.05) is 255 Å². The average Bonchev–Trinajstić information content (AvgIpc) is 1.59. The first-order valence-corrected chi connectivity index (χ1v) is 39.8. The van der Waals surface area contributed by atoms with E-state index in [0.29, 0.717) is 5.82 Å². The van der Waals surface area contributed by atoms with Crippen LogP contribution in [-0.2, 0) is 0 Å². The molecule has 6 heteroatoms. The minimum atomic E-state index is 0.664. The molecule has 0 amide bonds. The number of aromatic nitrogens is 6. The second kappa shape index (κ2) is 26.1. The fourth-order valence-electron chi connectivity index (χ4n) is 18.9. The Hall–Kier alpha value is -15.5. The van der Waals surface area contributed by atoms with E-state index in [2.05, 4.69) is 431 Å². The third kappa shape index (κ3) is 10.4. The molecule has 116 heavy (non-hydrogen) atoms. The first-order chi connectivity index (χ1) is 57.5. The molecule has 23 aromatic rings. The zero-order chi connectivity index (χ0) is 76.1. The van der Waals surface area contributed by atoms with Crippen molar-refractivity contribution in [2.24, 2.45) is 0 Å². The molecule has 0 N–H and O–H groups in total. The highest BCUT2D eigenvalue weighted by Gasteiger charge is 2.30. The van der Waals surface area contributed by atoms with E-state index in [-0.39, 0.29) is 0 Å². The third-order valence-corrected chi connectivity index (χ3v) is 24.3. The van der Waals surface area contributed by atoms with Crippen LogP contribution in [0.25, 0.3) is 233 Å². The summed E-state index contributed by atoms with van der Waals surface area (Å²) < 4.78 is 9.70. The van der Waals surface area contributed by atoms with Crippen molar-refractivity contribution in [3.8, 4) is 135 Å². The molecule has 5 aromatic heterocycles. The zero-order valence-corrected chi connectivity index (χ0v) is 62.9. The van der Waals surface area contributed by atoms with E-state index >= 15 is 0 Å².